The molecule has 0 bridgehead atoms. The van der Waals surface area contributed by atoms with Crippen molar-refractivity contribution in [1.29, 1.82) is 0 Å². The molecule has 6 nitrogen and oxygen atoms in total. The summed E-state index contributed by atoms with van der Waals surface area (Å²) in [7, 11) is 0. The van der Waals surface area contributed by atoms with Gasteiger partial charge in [0.15, 0.2) is 6.10 Å². The van der Waals surface area contributed by atoms with Crippen molar-refractivity contribution in [1.82, 2.24) is 0 Å². The number of amides is 2. The van der Waals surface area contributed by atoms with Crippen molar-refractivity contribution in [3.8, 4) is 5.75 Å². The van der Waals surface area contributed by atoms with Crippen LogP contribution in [0.25, 0.3) is 0 Å². The second-order valence-corrected chi connectivity index (χ2v) is 9.91. The SMILES string of the molecule is O=C1[C@H]2[C@@H](ON(c3ccccc3)[C@H]2c2ccc(OCc3ccccc3)cc2)C(=O)N1c1ccc(Br)cc1. The zero-order valence-electron chi connectivity index (χ0n) is 19.7. The molecule has 4 aromatic rings. The number of anilines is 2. The fourth-order valence-corrected chi connectivity index (χ4v) is 5.16. The minimum absolute atomic E-state index is 0.273. The molecule has 37 heavy (non-hydrogen) atoms. The van der Waals surface area contributed by atoms with Gasteiger partial charge in [-0.05, 0) is 59.7 Å². The van der Waals surface area contributed by atoms with Crippen molar-refractivity contribution in [3.05, 3.63) is 125 Å². The molecule has 0 radical (unpaired) electrons. The van der Waals surface area contributed by atoms with E-state index in [1.54, 1.807) is 17.2 Å². The second kappa shape index (κ2) is 9.84. The Morgan fingerprint density at radius 2 is 1.38 bits per heavy atom. The maximum absolute atomic E-state index is 13.7. The Kier molecular flexibility index (Phi) is 6.24. The summed E-state index contributed by atoms with van der Waals surface area (Å²) < 4.78 is 6.82. The number of carbonyl (C=O) groups is 2. The minimum Gasteiger partial charge on any atom is -0.489 e. The van der Waals surface area contributed by atoms with Crippen molar-refractivity contribution < 1.29 is 19.2 Å². The van der Waals surface area contributed by atoms with E-state index in [4.69, 9.17) is 9.57 Å². The lowest BCUT2D eigenvalue weighted by Crippen LogP contribution is -2.37. The van der Waals surface area contributed by atoms with Crippen LogP contribution in [0.3, 0.4) is 0 Å². The molecule has 2 aliphatic heterocycles. The fraction of sp³-hybridized carbons (Fsp3) is 0.133. The van der Waals surface area contributed by atoms with Crippen LogP contribution in [0.1, 0.15) is 17.2 Å². The van der Waals surface area contributed by atoms with Crippen LogP contribution >= 0.6 is 15.9 Å². The van der Waals surface area contributed by atoms with Crippen LogP contribution in [0, 0.1) is 5.92 Å². The van der Waals surface area contributed by atoms with E-state index in [0.29, 0.717) is 12.3 Å². The standard InChI is InChI=1S/C30H23BrN2O4/c31-22-13-15-23(16-14-22)32-29(34)26-27(33(37-28(26)30(32)35)24-9-5-2-6-10-24)21-11-17-25(18-12-21)36-19-20-7-3-1-4-8-20/h1-18,26-28H,19H2/t26-,27+,28-/m1/s1. The number of hydroxylamine groups is 1. The number of nitrogens with zero attached hydrogens (tertiary/aromatic N) is 2. The lowest BCUT2D eigenvalue weighted by Gasteiger charge is -2.28. The van der Waals surface area contributed by atoms with E-state index in [1.807, 2.05) is 97.1 Å². The van der Waals surface area contributed by atoms with Gasteiger partial charge in [0.1, 0.15) is 18.3 Å². The number of ether oxygens (including phenoxy) is 1. The molecule has 2 saturated heterocycles. The molecule has 2 amide bonds. The highest BCUT2D eigenvalue weighted by Gasteiger charge is 2.60. The zero-order valence-corrected chi connectivity index (χ0v) is 21.3. The number of carbonyl (C=O) groups excluding carboxylic acids is 2. The van der Waals surface area contributed by atoms with Crippen LogP contribution in [-0.4, -0.2) is 17.9 Å². The van der Waals surface area contributed by atoms with Gasteiger partial charge in [-0.15, -0.1) is 0 Å². The van der Waals surface area contributed by atoms with Crippen LogP contribution in [0.5, 0.6) is 5.75 Å². The third-order valence-electron chi connectivity index (χ3n) is 6.68. The Hall–Kier alpha value is -3.94. The van der Waals surface area contributed by atoms with E-state index in [2.05, 4.69) is 15.9 Å². The van der Waals surface area contributed by atoms with Gasteiger partial charge in [0.25, 0.3) is 5.91 Å². The second-order valence-electron chi connectivity index (χ2n) is 8.99. The first kappa shape index (κ1) is 23.5. The lowest BCUT2D eigenvalue weighted by molar-refractivity contribution is -0.126. The highest BCUT2D eigenvalue weighted by Crippen LogP contribution is 2.47. The summed E-state index contributed by atoms with van der Waals surface area (Å²) in [5.74, 6) is -0.596. The Morgan fingerprint density at radius 1 is 0.730 bits per heavy atom. The Balaban J connectivity index is 1.31. The minimum atomic E-state index is -0.907. The largest absolute Gasteiger partial charge is 0.489 e. The first-order chi connectivity index (χ1) is 18.1. The summed E-state index contributed by atoms with van der Waals surface area (Å²) in [5, 5.41) is 1.70. The van der Waals surface area contributed by atoms with Crippen LogP contribution in [0.4, 0.5) is 11.4 Å². The zero-order chi connectivity index (χ0) is 25.4. The molecule has 3 atom stereocenters. The highest BCUT2D eigenvalue weighted by molar-refractivity contribution is 9.10. The third-order valence-corrected chi connectivity index (χ3v) is 7.21. The number of hydrogen-bond donors (Lipinski definition) is 0. The van der Waals surface area contributed by atoms with E-state index in [1.165, 1.54) is 4.90 Å². The van der Waals surface area contributed by atoms with Crippen molar-refractivity contribution in [2.24, 2.45) is 5.92 Å². The quantitative estimate of drug-likeness (QED) is 0.270. The number of benzene rings is 4. The molecule has 0 N–H and O–H groups in total. The van der Waals surface area contributed by atoms with Crippen LogP contribution in [-0.2, 0) is 21.0 Å². The van der Waals surface area contributed by atoms with Crippen LogP contribution in [0.2, 0.25) is 0 Å². The maximum Gasteiger partial charge on any atom is 0.266 e. The first-order valence-electron chi connectivity index (χ1n) is 12.0. The van der Waals surface area contributed by atoms with Gasteiger partial charge < -0.3 is 4.74 Å². The van der Waals surface area contributed by atoms with Crippen molar-refractivity contribution in [2.45, 2.75) is 18.8 Å². The molecule has 2 aliphatic rings. The summed E-state index contributed by atoms with van der Waals surface area (Å²) in [4.78, 5) is 34.6. The number of fused-ring (bicyclic) bond motifs is 1. The molecule has 4 aromatic carbocycles. The van der Waals surface area contributed by atoms with Crippen LogP contribution in [0.15, 0.2) is 114 Å². The summed E-state index contributed by atoms with van der Waals surface area (Å²) in [6.07, 6.45) is -0.907. The summed E-state index contributed by atoms with van der Waals surface area (Å²) in [6, 6.07) is 33.8. The maximum atomic E-state index is 13.7. The van der Waals surface area contributed by atoms with E-state index in [9.17, 15) is 9.59 Å². The van der Waals surface area contributed by atoms with Crippen molar-refractivity contribution in [3.63, 3.8) is 0 Å². The topological polar surface area (TPSA) is 59.1 Å². The van der Waals surface area contributed by atoms with Crippen LogP contribution < -0.4 is 14.7 Å². The van der Waals surface area contributed by atoms with Gasteiger partial charge in [-0.3, -0.25) is 14.4 Å². The summed E-state index contributed by atoms with van der Waals surface area (Å²) in [6.45, 7) is 0.461. The lowest BCUT2D eigenvalue weighted by atomic mass is 9.90. The molecule has 0 aromatic heterocycles. The molecule has 2 heterocycles. The Bertz CT molecular complexity index is 1410. The van der Waals surface area contributed by atoms with Gasteiger partial charge in [0.2, 0.25) is 5.91 Å². The average Bonchev–Trinajstić information content (AvgIpc) is 3.45. The molecule has 0 aliphatic carbocycles. The van der Waals surface area contributed by atoms with E-state index < -0.39 is 18.1 Å². The number of hydrogen-bond acceptors (Lipinski definition) is 5. The number of para-hydroxylation sites is 1. The Morgan fingerprint density at radius 3 is 2.05 bits per heavy atom. The van der Waals surface area contributed by atoms with Gasteiger partial charge in [-0.2, -0.15) is 0 Å². The molecule has 2 fully saturated rings. The fourth-order valence-electron chi connectivity index (χ4n) is 4.90. The summed E-state index contributed by atoms with van der Waals surface area (Å²) in [5.41, 5.74) is 3.26. The van der Waals surface area contributed by atoms with Gasteiger partial charge in [-0.25, -0.2) is 9.96 Å². The van der Waals surface area contributed by atoms with Gasteiger partial charge in [0.05, 0.1) is 17.4 Å². The van der Waals surface area contributed by atoms with Gasteiger partial charge in [-0.1, -0.05) is 76.6 Å². The molecule has 184 valence electrons. The predicted octanol–water partition coefficient (Wildman–Crippen LogP) is 6.08. The molecular formula is C30H23BrN2O4. The van der Waals surface area contributed by atoms with E-state index in [0.717, 1.165) is 27.0 Å². The number of halogens is 1. The average molecular weight is 555 g/mol. The molecule has 0 spiro atoms. The van der Waals surface area contributed by atoms with Crippen molar-refractivity contribution >= 4 is 39.1 Å². The smallest absolute Gasteiger partial charge is 0.266 e. The highest BCUT2D eigenvalue weighted by atomic mass is 79.9. The molecule has 6 rings (SSSR count). The molecule has 0 unspecified atom stereocenters. The van der Waals surface area contributed by atoms with E-state index in [-0.39, 0.29) is 11.8 Å². The van der Waals surface area contributed by atoms with E-state index >= 15 is 0 Å². The van der Waals surface area contributed by atoms with Gasteiger partial charge in [0, 0.05) is 4.47 Å². The first-order valence-corrected chi connectivity index (χ1v) is 12.8. The molecular weight excluding hydrogens is 532 g/mol. The summed E-state index contributed by atoms with van der Waals surface area (Å²) >= 11 is 3.41. The predicted molar refractivity (Wildman–Crippen MR) is 144 cm³/mol. The monoisotopic (exact) mass is 554 g/mol. The molecule has 0 saturated carbocycles. The normalized spacial score (nSPS) is 20.8. The number of rotatable bonds is 6. The third kappa shape index (κ3) is 4.41. The molecule has 7 heteroatoms. The number of imide groups is 1. The Labute approximate surface area is 223 Å². The van der Waals surface area contributed by atoms with Crippen molar-refractivity contribution in [2.75, 3.05) is 9.96 Å². The van der Waals surface area contributed by atoms with Gasteiger partial charge >= 0.3 is 0 Å².